The molecule has 4 aromatic rings. The van der Waals surface area contributed by atoms with Gasteiger partial charge >= 0.3 is 0 Å². The quantitative estimate of drug-likeness (QED) is 0.371. The lowest BCUT2D eigenvalue weighted by molar-refractivity contribution is 0.0996. The predicted molar refractivity (Wildman–Crippen MR) is 123 cm³/mol. The number of carbonyl (C=O) groups is 1. The lowest BCUT2D eigenvalue weighted by Gasteiger charge is -2.18. The fourth-order valence-electron chi connectivity index (χ4n) is 3.42. The Kier molecular flexibility index (Phi) is 5.44. The minimum Gasteiger partial charge on any atom is -0.457 e. The Labute approximate surface area is 188 Å². The summed E-state index contributed by atoms with van der Waals surface area (Å²) in [6, 6.07) is 14.6. The molecule has 0 aliphatic carbocycles. The van der Waals surface area contributed by atoms with Crippen LogP contribution in [0.15, 0.2) is 65.6 Å². The van der Waals surface area contributed by atoms with Crippen molar-refractivity contribution in [2.24, 2.45) is 12.8 Å². The summed E-state index contributed by atoms with van der Waals surface area (Å²) >= 11 is 0. The maximum atomic E-state index is 12.7. The molecule has 4 rings (SSSR count). The van der Waals surface area contributed by atoms with Gasteiger partial charge in [-0.2, -0.15) is 0 Å². The van der Waals surface area contributed by atoms with Crippen molar-refractivity contribution in [3.63, 3.8) is 0 Å². The minimum absolute atomic E-state index is 0.0381. The number of nitrogens with zero attached hydrogens (tertiary/aromatic N) is 2. The van der Waals surface area contributed by atoms with Gasteiger partial charge in [0.25, 0.3) is 21.5 Å². The van der Waals surface area contributed by atoms with Crippen molar-refractivity contribution in [3.05, 3.63) is 76.8 Å². The number of para-hydroxylation sites is 1. The SMILES string of the molecule is Cn1cc(-c2cc(N(O)S(C)(=O)=O)ccc2Oc2ccccc2)c2cc(C(N)=O)[nH]c2c1=O. The van der Waals surface area contributed by atoms with Crippen LogP contribution in [0.25, 0.3) is 22.0 Å². The molecule has 0 aliphatic rings. The molecule has 2 heterocycles. The van der Waals surface area contributed by atoms with Crippen molar-refractivity contribution in [2.45, 2.75) is 0 Å². The van der Waals surface area contributed by atoms with Gasteiger partial charge in [-0.15, -0.1) is 4.47 Å². The molecule has 0 fully saturated rings. The summed E-state index contributed by atoms with van der Waals surface area (Å²) in [6.45, 7) is 0. The molecule has 0 spiro atoms. The largest absolute Gasteiger partial charge is 0.457 e. The highest BCUT2D eigenvalue weighted by atomic mass is 32.2. The Morgan fingerprint density at radius 1 is 1.12 bits per heavy atom. The van der Waals surface area contributed by atoms with E-state index in [1.807, 2.05) is 6.07 Å². The van der Waals surface area contributed by atoms with Crippen LogP contribution in [0.5, 0.6) is 11.5 Å². The lowest BCUT2D eigenvalue weighted by Crippen LogP contribution is -2.25. The standard InChI is InChI=1S/C22H20N4O6S/c1-25-12-17(16-11-18(21(23)27)24-20(16)22(25)28)15-10-13(26(29)33(2,30)31)8-9-19(15)32-14-6-4-3-5-7-14/h3-12,24,29H,1-2H3,(H2,23,27). The van der Waals surface area contributed by atoms with Crippen LogP contribution in [0.2, 0.25) is 0 Å². The van der Waals surface area contributed by atoms with Gasteiger partial charge in [-0.25, -0.2) is 8.42 Å². The van der Waals surface area contributed by atoms with Crippen molar-refractivity contribution in [2.75, 3.05) is 10.7 Å². The van der Waals surface area contributed by atoms with Crippen molar-refractivity contribution >= 4 is 32.5 Å². The maximum absolute atomic E-state index is 12.7. The zero-order chi connectivity index (χ0) is 23.9. The minimum atomic E-state index is -3.97. The highest BCUT2D eigenvalue weighted by Gasteiger charge is 2.21. The summed E-state index contributed by atoms with van der Waals surface area (Å²) in [5.74, 6) is 0.101. The number of amides is 1. The number of nitrogens with one attached hydrogen (secondary N) is 1. The van der Waals surface area contributed by atoms with Crippen LogP contribution in [-0.4, -0.2) is 35.3 Å². The number of anilines is 1. The molecule has 4 N–H and O–H groups in total. The molecule has 2 aromatic carbocycles. The summed E-state index contributed by atoms with van der Waals surface area (Å²) in [6.07, 6.45) is 2.39. The molecule has 0 saturated carbocycles. The topological polar surface area (TPSA) is 148 Å². The van der Waals surface area contributed by atoms with Gasteiger partial charge in [0, 0.05) is 29.8 Å². The molecule has 33 heavy (non-hydrogen) atoms. The molecule has 0 unspecified atom stereocenters. The van der Waals surface area contributed by atoms with E-state index < -0.39 is 15.9 Å². The van der Waals surface area contributed by atoms with Gasteiger partial charge in [-0.05, 0) is 36.4 Å². The van der Waals surface area contributed by atoms with Gasteiger partial charge in [-0.1, -0.05) is 18.2 Å². The second kappa shape index (κ2) is 8.11. The van der Waals surface area contributed by atoms with E-state index in [1.54, 1.807) is 24.3 Å². The zero-order valence-electron chi connectivity index (χ0n) is 17.6. The predicted octanol–water partition coefficient (Wildman–Crippen LogP) is 2.58. The number of aromatic nitrogens is 2. The summed E-state index contributed by atoms with van der Waals surface area (Å²) in [7, 11) is -2.43. The summed E-state index contributed by atoms with van der Waals surface area (Å²) < 4.78 is 31.3. The first kappa shape index (κ1) is 22.1. The Balaban J connectivity index is 2.01. The first-order valence-corrected chi connectivity index (χ1v) is 11.5. The van der Waals surface area contributed by atoms with Crippen LogP contribution >= 0.6 is 0 Å². The molecular weight excluding hydrogens is 448 g/mol. The summed E-state index contributed by atoms with van der Waals surface area (Å²) in [4.78, 5) is 27.1. The van der Waals surface area contributed by atoms with Crippen molar-refractivity contribution < 1.29 is 23.2 Å². The summed E-state index contributed by atoms with van der Waals surface area (Å²) in [5.41, 5.74) is 5.96. The first-order valence-electron chi connectivity index (χ1n) is 9.65. The molecule has 0 bridgehead atoms. The van der Waals surface area contributed by atoms with Gasteiger partial charge in [0.15, 0.2) is 0 Å². The van der Waals surface area contributed by atoms with E-state index in [0.29, 0.717) is 28.0 Å². The normalized spacial score (nSPS) is 11.5. The van der Waals surface area contributed by atoms with E-state index in [-0.39, 0.29) is 26.9 Å². The maximum Gasteiger partial charge on any atom is 0.274 e. The Hall–Kier alpha value is -4.09. The van der Waals surface area contributed by atoms with E-state index in [2.05, 4.69) is 4.98 Å². The number of ether oxygens (including phenoxy) is 1. The average molecular weight is 468 g/mol. The molecular formula is C22H20N4O6S. The highest BCUT2D eigenvalue weighted by molar-refractivity contribution is 7.91. The van der Waals surface area contributed by atoms with Gasteiger partial charge in [0.05, 0.1) is 11.9 Å². The van der Waals surface area contributed by atoms with Crippen molar-refractivity contribution in [3.8, 4) is 22.6 Å². The number of H-pyrrole nitrogens is 1. The Morgan fingerprint density at radius 3 is 2.45 bits per heavy atom. The molecule has 0 atom stereocenters. The number of hydrogen-bond donors (Lipinski definition) is 3. The fraction of sp³-hybridized carbons (Fsp3) is 0.0909. The molecule has 11 heteroatoms. The number of primary amides is 1. The Morgan fingerprint density at radius 2 is 1.82 bits per heavy atom. The van der Waals surface area contributed by atoms with Crippen LogP contribution in [0.3, 0.4) is 0 Å². The summed E-state index contributed by atoms with van der Waals surface area (Å²) in [5, 5.41) is 10.6. The molecule has 0 radical (unpaired) electrons. The van der Waals surface area contributed by atoms with Crippen LogP contribution in [-0.2, 0) is 17.1 Å². The van der Waals surface area contributed by atoms with Crippen LogP contribution in [0.4, 0.5) is 5.69 Å². The molecule has 10 nitrogen and oxygen atoms in total. The number of sulfonamides is 1. The average Bonchev–Trinajstić information content (AvgIpc) is 3.22. The Bertz CT molecular complexity index is 1540. The van der Waals surface area contributed by atoms with E-state index >= 15 is 0 Å². The van der Waals surface area contributed by atoms with Crippen LogP contribution in [0, 0.1) is 0 Å². The van der Waals surface area contributed by atoms with E-state index in [4.69, 9.17) is 10.5 Å². The third kappa shape index (κ3) is 4.19. The first-order chi connectivity index (χ1) is 15.6. The highest BCUT2D eigenvalue weighted by Crippen LogP contribution is 2.39. The third-order valence-electron chi connectivity index (χ3n) is 4.99. The second-order valence-electron chi connectivity index (χ2n) is 7.40. The van der Waals surface area contributed by atoms with E-state index in [1.165, 1.54) is 42.1 Å². The van der Waals surface area contributed by atoms with Gasteiger partial charge in [0.2, 0.25) is 0 Å². The number of benzene rings is 2. The van der Waals surface area contributed by atoms with Crippen LogP contribution < -0.4 is 20.5 Å². The smallest absolute Gasteiger partial charge is 0.274 e. The van der Waals surface area contributed by atoms with Gasteiger partial charge in [0.1, 0.15) is 22.7 Å². The van der Waals surface area contributed by atoms with Gasteiger partial charge < -0.3 is 20.0 Å². The number of pyridine rings is 1. The number of aryl methyl sites for hydroxylation is 1. The van der Waals surface area contributed by atoms with Crippen LogP contribution in [0.1, 0.15) is 10.5 Å². The number of fused-ring (bicyclic) bond motifs is 1. The fourth-order valence-corrected chi connectivity index (χ4v) is 3.92. The van der Waals surface area contributed by atoms with Crippen molar-refractivity contribution in [1.29, 1.82) is 0 Å². The number of nitrogens with two attached hydrogens (primary N) is 1. The van der Waals surface area contributed by atoms with E-state index in [0.717, 1.165) is 6.26 Å². The third-order valence-corrected chi connectivity index (χ3v) is 5.83. The molecule has 0 aliphatic heterocycles. The number of hydrogen-bond acceptors (Lipinski definition) is 6. The lowest BCUT2D eigenvalue weighted by atomic mass is 10.0. The van der Waals surface area contributed by atoms with Crippen molar-refractivity contribution in [1.82, 2.24) is 9.55 Å². The second-order valence-corrected chi connectivity index (χ2v) is 9.21. The number of rotatable bonds is 6. The molecule has 0 saturated heterocycles. The molecule has 1 amide bonds. The monoisotopic (exact) mass is 468 g/mol. The van der Waals surface area contributed by atoms with E-state index in [9.17, 15) is 23.2 Å². The molecule has 2 aromatic heterocycles. The van der Waals surface area contributed by atoms with Gasteiger partial charge in [-0.3, -0.25) is 14.8 Å². The zero-order valence-corrected chi connectivity index (χ0v) is 18.5. The molecule has 170 valence electrons. The number of carbonyl (C=O) groups excluding carboxylic acids is 1. The number of aromatic amines is 1.